The smallest absolute Gasteiger partial charge is 0.322 e. The summed E-state index contributed by atoms with van der Waals surface area (Å²) >= 11 is 0. The van der Waals surface area contributed by atoms with Crippen molar-refractivity contribution in [2.75, 3.05) is 17.6 Å². The van der Waals surface area contributed by atoms with E-state index in [2.05, 4.69) is 41.0 Å². The van der Waals surface area contributed by atoms with Crippen LogP contribution in [0.25, 0.3) is 10.8 Å². The number of carboxylic acids is 1. The number of fused-ring (bicyclic) bond motifs is 1. The Kier molecular flexibility index (Phi) is 21.9. The molecule has 6 aromatic rings. The monoisotopic (exact) mass is 1010 g/mol. The summed E-state index contributed by atoms with van der Waals surface area (Å²) in [5, 5.41) is 66.0. The molecule has 0 spiro atoms. The molecule has 0 aliphatic heterocycles. The third kappa shape index (κ3) is 15.4. The Morgan fingerprint density at radius 1 is 0.567 bits per heavy atom. The summed E-state index contributed by atoms with van der Waals surface area (Å²) < 4.78 is 102. The second-order valence-electron chi connectivity index (χ2n) is 12.8. The zero-order valence-corrected chi connectivity index (χ0v) is 45.9. The third-order valence-corrected chi connectivity index (χ3v) is 11.0. The van der Waals surface area contributed by atoms with Gasteiger partial charge in [-0.2, -0.15) is 40.6 Å². The molecule has 4 radical (unpaired) electrons. The Labute approximate surface area is 468 Å². The number of carboxylic acid groups (broad SMARTS) is 1. The van der Waals surface area contributed by atoms with E-state index in [-0.39, 0.29) is 153 Å². The number of hydrogen-bond donors (Lipinski definition) is 9. The number of hydrogen-bond acceptors (Lipinski definition) is 18. The summed E-state index contributed by atoms with van der Waals surface area (Å²) in [6, 6.07) is 21.3. The van der Waals surface area contributed by atoms with E-state index in [1.807, 2.05) is 0 Å². The molecule has 0 fully saturated rings. The summed E-state index contributed by atoms with van der Waals surface area (Å²) in [4.78, 5) is 12.3. The number of benzene rings is 6. The molecule has 0 aliphatic carbocycles. The van der Waals surface area contributed by atoms with Gasteiger partial charge in [0.1, 0.15) is 39.1 Å². The molecule has 6 rings (SSSR count). The first-order chi connectivity index (χ1) is 29.6. The molecule has 0 saturated carbocycles. The number of anilines is 2. The molecule has 0 unspecified atom stereocenters. The van der Waals surface area contributed by atoms with Crippen molar-refractivity contribution in [1.82, 2.24) is 0 Å². The van der Waals surface area contributed by atoms with E-state index < -0.39 is 90.5 Å². The number of phenols is 2. The summed E-state index contributed by atoms with van der Waals surface area (Å²) in [5.74, 6) is -2.78. The van der Waals surface area contributed by atoms with Crippen LogP contribution in [-0.4, -0.2) is 196 Å². The van der Waals surface area contributed by atoms with Crippen molar-refractivity contribution >= 4 is 222 Å². The normalized spacial score (nSPS) is 12.0. The number of aromatic hydroxyl groups is 2. The first-order valence-corrected chi connectivity index (χ1v) is 21.6. The molecule has 0 atom stereocenters. The maximum Gasteiger partial charge on any atom is 0.322 e. The van der Waals surface area contributed by atoms with Crippen LogP contribution in [-0.2, 0) is 35.1 Å². The Hall–Kier alpha value is -3.75. The number of aliphatic imine (C=N–C) groups is 1. The average Bonchev–Trinajstić information content (AvgIpc) is 3.21. The van der Waals surface area contributed by atoms with Crippen LogP contribution < -0.4 is 11.1 Å². The fourth-order valence-electron chi connectivity index (χ4n) is 5.47. The van der Waals surface area contributed by atoms with Crippen LogP contribution in [0, 0.1) is 0 Å². The van der Waals surface area contributed by atoms with Crippen molar-refractivity contribution in [3.8, 4) is 11.5 Å². The van der Waals surface area contributed by atoms with Crippen molar-refractivity contribution in [3.05, 3.63) is 109 Å². The Morgan fingerprint density at radius 3 is 1.52 bits per heavy atom. The number of nitrogens with zero attached hydrogens (tertiary/aromatic N) is 7. The van der Waals surface area contributed by atoms with E-state index in [9.17, 15) is 59.0 Å². The van der Waals surface area contributed by atoms with Gasteiger partial charge >= 0.3 is 5.97 Å². The van der Waals surface area contributed by atoms with Crippen LogP contribution in [0.3, 0.4) is 0 Å². The number of carbonyl (C=O) groups is 1. The number of phenolic OH excluding ortho intramolecular Hbond substituents is 2. The van der Waals surface area contributed by atoms with E-state index in [0.717, 1.165) is 24.3 Å². The molecular weight excluding hydrogens is 983 g/mol. The van der Waals surface area contributed by atoms with Crippen molar-refractivity contribution in [1.29, 1.82) is 0 Å². The molecule has 6 aromatic carbocycles. The van der Waals surface area contributed by atoms with E-state index in [1.165, 1.54) is 66.7 Å². The Bertz CT molecular complexity index is 3280. The van der Waals surface area contributed by atoms with Gasteiger partial charge in [-0.1, -0.05) is 0 Å². The predicted octanol–water partition coefficient (Wildman–Crippen LogP) is 6.43. The molecule has 30 heteroatoms. The van der Waals surface area contributed by atoms with E-state index in [4.69, 9.17) is 10.8 Å². The predicted molar refractivity (Wildman–Crippen MR) is 247 cm³/mol. The average molecular weight is 1010 g/mol. The SMILES string of the molecule is Nc1c(N=Nc2ccc(C(O)=Nc3ccc(N=Nc4ccc(NCC(=O)O)cc4O)cc3)cc2)c(S(=O)(=O)O)cc2cc(S(=O)(=O)O)c(N=Nc3ccc(S(=O)(=O)O)cc3)c(O)c12.[Na].[Na].[Na].[Na]. The summed E-state index contributed by atoms with van der Waals surface area (Å²) in [6.07, 6.45) is 0. The number of nitrogen functional groups attached to an aromatic ring is 1. The first-order valence-electron chi connectivity index (χ1n) is 17.3. The molecule has 0 bridgehead atoms. The number of nitrogens with two attached hydrogens (primary N) is 1. The van der Waals surface area contributed by atoms with E-state index >= 15 is 0 Å². The molecule has 0 amide bonds. The fourth-order valence-corrected chi connectivity index (χ4v) is 7.28. The van der Waals surface area contributed by atoms with E-state index in [1.54, 1.807) is 0 Å². The van der Waals surface area contributed by atoms with Crippen molar-refractivity contribution in [2.24, 2.45) is 35.7 Å². The van der Waals surface area contributed by atoms with E-state index in [0.29, 0.717) is 29.2 Å². The second-order valence-corrected chi connectivity index (χ2v) is 17.0. The van der Waals surface area contributed by atoms with Gasteiger partial charge in [-0.3, -0.25) is 18.5 Å². The standard InChI is InChI=1S/C37H29N9O14S3.4Na/c38-33-32-20(16-30(63(58,59)60)35(36(32)50)46-43-24-9-12-26(13-10-24)61(52,53)54)15-29(62(55,56)57)34(33)45-42-22-3-1-19(2-4-22)37(51)40-21-5-7-23(8-6-21)41-44-27-14-11-25(17-28(27)47)39-18-31(48)49;;;;/h1-17,39,47,50H,18,38H2,(H,40,51)(H,48,49)(H,52,53,54)(H,55,56,57)(H,58,59,60);;;;. The van der Waals surface area contributed by atoms with Gasteiger partial charge in [0, 0.05) is 136 Å². The van der Waals surface area contributed by atoms with Gasteiger partial charge < -0.3 is 31.5 Å². The molecule has 0 aromatic heterocycles. The molecule has 10 N–H and O–H groups in total. The third-order valence-electron chi connectivity index (χ3n) is 8.44. The van der Waals surface area contributed by atoms with Crippen LogP contribution in [0.2, 0.25) is 0 Å². The van der Waals surface area contributed by atoms with Crippen LogP contribution in [0.1, 0.15) is 5.56 Å². The molecular formula is C37H29N9Na4O14S3. The molecule has 23 nitrogen and oxygen atoms in total. The van der Waals surface area contributed by atoms with Crippen LogP contribution in [0.5, 0.6) is 11.5 Å². The minimum absolute atomic E-state index is 0. The molecule has 0 aliphatic rings. The van der Waals surface area contributed by atoms with Crippen LogP contribution in [0.4, 0.5) is 51.2 Å². The van der Waals surface area contributed by atoms with Gasteiger partial charge in [0.2, 0.25) is 5.90 Å². The zero-order chi connectivity index (χ0) is 45.9. The number of aliphatic hydroxyl groups is 1. The quantitative estimate of drug-likeness (QED) is 0.0142. The fraction of sp³-hybridized carbons (Fsp3) is 0.0270. The van der Waals surface area contributed by atoms with Gasteiger partial charge in [-0.05, 0) is 102 Å². The molecule has 0 saturated heterocycles. The minimum atomic E-state index is -5.22. The van der Waals surface area contributed by atoms with Crippen LogP contribution in [0.15, 0.2) is 153 Å². The van der Waals surface area contributed by atoms with Crippen LogP contribution >= 0.6 is 0 Å². The number of azo groups is 3. The minimum Gasteiger partial charge on any atom is -0.506 e. The summed E-state index contributed by atoms with van der Waals surface area (Å²) in [5.41, 5.74) is 5.33. The molecule has 328 valence electrons. The molecule has 0 heterocycles. The number of aliphatic carboxylic acids is 1. The van der Waals surface area contributed by atoms with Crippen molar-refractivity contribution < 1.29 is 64.1 Å². The number of nitrogens with one attached hydrogen (secondary N) is 1. The van der Waals surface area contributed by atoms with Gasteiger partial charge in [0.25, 0.3) is 30.4 Å². The maximum atomic E-state index is 12.5. The number of rotatable bonds is 14. The van der Waals surface area contributed by atoms with Gasteiger partial charge in [0.05, 0.1) is 38.7 Å². The van der Waals surface area contributed by atoms with Crippen molar-refractivity contribution in [2.45, 2.75) is 14.7 Å². The van der Waals surface area contributed by atoms with Gasteiger partial charge in [-0.25, -0.2) is 4.99 Å². The molecule has 67 heavy (non-hydrogen) atoms. The Balaban J connectivity index is 0.00000385. The first kappa shape index (κ1) is 59.4. The van der Waals surface area contributed by atoms with Gasteiger partial charge in [0.15, 0.2) is 5.75 Å². The second kappa shape index (κ2) is 24.7. The topological polar surface area (TPSA) is 386 Å². The largest absolute Gasteiger partial charge is 0.506 e. The summed E-state index contributed by atoms with van der Waals surface area (Å²) in [6.45, 7) is -0.343. The van der Waals surface area contributed by atoms with Gasteiger partial charge in [-0.15, -0.1) is 15.3 Å². The maximum absolute atomic E-state index is 12.5. The number of aliphatic hydroxyl groups excluding tert-OH is 1. The van der Waals surface area contributed by atoms with Crippen molar-refractivity contribution in [3.63, 3.8) is 0 Å². The zero-order valence-electron chi connectivity index (χ0n) is 35.4. The summed E-state index contributed by atoms with van der Waals surface area (Å²) in [7, 11) is -15.0. The Morgan fingerprint density at radius 2 is 1.03 bits per heavy atom.